The molecule has 1 aliphatic heterocycles. The zero-order chi connectivity index (χ0) is 19.0. The highest BCUT2D eigenvalue weighted by atomic mass is 32.2. The maximum absolute atomic E-state index is 13.0. The first kappa shape index (κ1) is 17.6. The van der Waals surface area contributed by atoms with Gasteiger partial charge in [0.15, 0.2) is 10.7 Å². The molecule has 4 rings (SSSR count). The highest BCUT2D eigenvalue weighted by Gasteiger charge is 2.32. The summed E-state index contributed by atoms with van der Waals surface area (Å²) in [6.45, 7) is 0.823. The Hall–Kier alpha value is -2.85. The number of hydrogen-bond donors (Lipinski definition) is 0. The lowest BCUT2D eigenvalue weighted by atomic mass is 10.2. The van der Waals surface area contributed by atoms with E-state index in [1.807, 2.05) is 0 Å². The van der Waals surface area contributed by atoms with Crippen LogP contribution in [0.4, 0.5) is 4.39 Å². The minimum absolute atomic E-state index is 0.00332. The first-order chi connectivity index (χ1) is 13.0. The molecule has 10 heteroatoms. The molecule has 8 nitrogen and oxygen atoms in total. The van der Waals surface area contributed by atoms with Crippen LogP contribution in [0.25, 0.3) is 5.65 Å². The molecule has 0 spiro atoms. The van der Waals surface area contributed by atoms with Gasteiger partial charge in [-0.25, -0.2) is 22.3 Å². The number of amides is 1. The van der Waals surface area contributed by atoms with E-state index >= 15 is 0 Å². The molecule has 1 aliphatic rings. The summed E-state index contributed by atoms with van der Waals surface area (Å²) in [6, 6.07) is 8.65. The molecule has 140 valence electrons. The van der Waals surface area contributed by atoms with Gasteiger partial charge in [0.25, 0.3) is 15.9 Å². The standard InChI is InChI=1S/C17H16FN5O3S/c18-14-5-3-13(4-6-14)17(24)21-8-10-22(11-9-21)27(25,26)16-12-19-15-2-1-7-20-23(15)16/h1-7,12H,8-11H2. The fourth-order valence-electron chi connectivity index (χ4n) is 3.02. The van der Waals surface area contributed by atoms with E-state index in [0.717, 1.165) is 0 Å². The van der Waals surface area contributed by atoms with Crippen LogP contribution in [0.2, 0.25) is 0 Å². The molecule has 3 aromatic rings. The lowest BCUT2D eigenvalue weighted by Gasteiger charge is -2.33. The van der Waals surface area contributed by atoms with Crippen LogP contribution in [-0.4, -0.2) is 64.3 Å². The van der Waals surface area contributed by atoms with E-state index in [4.69, 9.17) is 0 Å². The maximum Gasteiger partial charge on any atom is 0.262 e. The van der Waals surface area contributed by atoms with Crippen molar-refractivity contribution in [3.63, 3.8) is 0 Å². The number of aromatic nitrogens is 3. The number of rotatable bonds is 3. The van der Waals surface area contributed by atoms with E-state index in [-0.39, 0.29) is 37.1 Å². The van der Waals surface area contributed by atoms with Gasteiger partial charge in [-0.2, -0.15) is 9.40 Å². The first-order valence-corrected chi connectivity index (χ1v) is 9.74. The number of halogens is 1. The van der Waals surface area contributed by atoms with E-state index in [1.54, 1.807) is 17.0 Å². The summed E-state index contributed by atoms with van der Waals surface area (Å²) in [5.41, 5.74) is 0.819. The van der Waals surface area contributed by atoms with Crippen LogP contribution >= 0.6 is 0 Å². The highest BCUT2D eigenvalue weighted by Crippen LogP contribution is 2.19. The molecular formula is C17H16FN5O3S. The number of sulfonamides is 1. The number of carbonyl (C=O) groups excluding carboxylic acids is 1. The second-order valence-electron chi connectivity index (χ2n) is 6.09. The SMILES string of the molecule is O=C(c1ccc(F)cc1)N1CCN(S(=O)(=O)c2cnc3cccnn23)CC1. The largest absolute Gasteiger partial charge is 0.336 e. The van der Waals surface area contributed by atoms with Crippen LogP contribution in [0.1, 0.15) is 10.4 Å². The molecule has 1 fully saturated rings. The summed E-state index contributed by atoms with van der Waals surface area (Å²) in [5, 5.41) is 4.04. The Morgan fingerprint density at radius 2 is 1.74 bits per heavy atom. The molecule has 0 bridgehead atoms. The zero-order valence-electron chi connectivity index (χ0n) is 14.2. The number of carbonyl (C=O) groups is 1. The third-order valence-electron chi connectivity index (χ3n) is 4.47. The fraction of sp³-hybridized carbons (Fsp3) is 0.235. The molecule has 0 atom stereocenters. The lowest BCUT2D eigenvalue weighted by Crippen LogP contribution is -2.50. The van der Waals surface area contributed by atoms with Crippen molar-refractivity contribution >= 4 is 21.6 Å². The van der Waals surface area contributed by atoms with Crippen molar-refractivity contribution in [3.05, 3.63) is 60.2 Å². The maximum atomic E-state index is 13.0. The van der Waals surface area contributed by atoms with Crippen LogP contribution in [0.3, 0.4) is 0 Å². The predicted molar refractivity (Wildman–Crippen MR) is 94.0 cm³/mol. The third kappa shape index (κ3) is 3.17. The molecule has 1 aromatic carbocycles. The van der Waals surface area contributed by atoms with Gasteiger partial charge in [0.05, 0.1) is 6.20 Å². The Bertz CT molecular complexity index is 1090. The fourth-order valence-corrected chi connectivity index (χ4v) is 4.48. The van der Waals surface area contributed by atoms with Crippen LogP contribution in [0.5, 0.6) is 0 Å². The number of hydrogen-bond acceptors (Lipinski definition) is 5. The minimum atomic E-state index is -3.78. The summed E-state index contributed by atoms with van der Waals surface area (Å²) >= 11 is 0. The van der Waals surface area contributed by atoms with Gasteiger partial charge >= 0.3 is 0 Å². The first-order valence-electron chi connectivity index (χ1n) is 8.30. The van der Waals surface area contributed by atoms with Crippen molar-refractivity contribution in [1.29, 1.82) is 0 Å². The topological polar surface area (TPSA) is 87.9 Å². The van der Waals surface area contributed by atoms with Gasteiger partial charge < -0.3 is 4.90 Å². The van der Waals surface area contributed by atoms with Crippen molar-refractivity contribution < 1.29 is 17.6 Å². The number of benzene rings is 1. The van der Waals surface area contributed by atoms with Gasteiger partial charge in [0.2, 0.25) is 0 Å². The van der Waals surface area contributed by atoms with Gasteiger partial charge in [-0.3, -0.25) is 4.79 Å². The van der Waals surface area contributed by atoms with Crippen LogP contribution in [0.15, 0.2) is 53.8 Å². The van der Waals surface area contributed by atoms with E-state index in [9.17, 15) is 17.6 Å². The van der Waals surface area contributed by atoms with Crippen molar-refractivity contribution in [2.75, 3.05) is 26.2 Å². The van der Waals surface area contributed by atoms with Crippen LogP contribution < -0.4 is 0 Å². The number of fused-ring (bicyclic) bond motifs is 1. The van der Waals surface area contributed by atoms with Crippen molar-refractivity contribution in [1.82, 2.24) is 23.8 Å². The van der Waals surface area contributed by atoms with Crippen LogP contribution in [0, 0.1) is 5.82 Å². The van der Waals surface area contributed by atoms with E-state index in [1.165, 1.54) is 45.5 Å². The Kier molecular flexibility index (Phi) is 4.36. The summed E-state index contributed by atoms with van der Waals surface area (Å²) in [6.07, 6.45) is 2.78. The highest BCUT2D eigenvalue weighted by molar-refractivity contribution is 7.89. The summed E-state index contributed by atoms with van der Waals surface area (Å²) in [4.78, 5) is 18.1. The molecule has 3 heterocycles. The quantitative estimate of drug-likeness (QED) is 0.667. The lowest BCUT2D eigenvalue weighted by molar-refractivity contribution is 0.0697. The van der Waals surface area contributed by atoms with Crippen molar-refractivity contribution in [2.24, 2.45) is 0 Å². The molecule has 2 aromatic heterocycles. The Morgan fingerprint density at radius 3 is 2.44 bits per heavy atom. The molecule has 0 N–H and O–H groups in total. The predicted octanol–water partition coefficient (Wildman–Crippen LogP) is 1.02. The molecule has 0 aliphatic carbocycles. The Morgan fingerprint density at radius 1 is 1.04 bits per heavy atom. The van der Waals surface area contributed by atoms with E-state index in [0.29, 0.717) is 11.2 Å². The number of piperazine rings is 1. The van der Waals surface area contributed by atoms with Gasteiger partial charge in [0.1, 0.15) is 5.82 Å². The molecule has 0 radical (unpaired) electrons. The molecule has 0 unspecified atom stereocenters. The Balaban J connectivity index is 1.50. The molecule has 1 saturated heterocycles. The number of nitrogens with zero attached hydrogens (tertiary/aromatic N) is 5. The molecule has 27 heavy (non-hydrogen) atoms. The molecule has 1 amide bonds. The van der Waals surface area contributed by atoms with Gasteiger partial charge in [-0.15, -0.1) is 0 Å². The molecular weight excluding hydrogens is 373 g/mol. The number of imidazole rings is 1. The van der Waals surface area contributed by atoms with Gasteiger partial charge in [-0.05, 0) is 36.4 Å². The normalized spacial score (nSPS) is 16.0. The summed E-state index contributed by atoms with van der Waals surface area (Å²) < 4.78 is 41.5. The summed E-state index contributed by atoms with van der Waals surface area (Å²) in [5.74, 6) is -0.660. The van der Waals surface area contributed by atoms with Crippen molar-refractivity contribution in [2.45, 2.75) is 5.03 Å². The third-order valence-corrected chi connectivity index (χ3v) is 6.32. The zero-order valence-corrected chi connectivity index (χ0v) is 15.0. The van der Waals surface area contributed by atoms with E-state index in [2.05, 4.69) is 10.1 Å². The summed E-state index contributed by atoms with van der Waals surface area (Å²) in [7, 11) is -3.78. The second-order valence-corrected chi connectivity index (χ2v) is 7.98. The molecule has 0 saturated carbocycles. The monoisotopic (exact) mass is 389 g/mol. The van der Waals surface area contributed by atoms with Gasteiger partial charge in [-0.1, -0.05) is 0 Å². The smallest absolute Gasteiger partial charge is 0.262 e. The second kappa shape index (κ2) is 6.71. The average Bonchev–Trinajstić information content (AvgIpc) is 3.13. The Labute approximate surface area is 154 Å². The van der Waals surface area contributed by atoms with E-state index < -0.39 is 15.8 Å². The van der Waals surface area contributed by atoms with Crippen LogP contribution in [-0.2, 0) is 10.0 Å². The minimum Gasteiger partial charge on any atom is -0.336 e. The van der Waals surface area contributed by atoms with Gasteiger partial charge in [0, 0.05) is 37.9 Å². The van der Waals surface area contributed by atoms with Crippen molar-refractivity contribution in [3.8, 4) is 0 Å². The average molecular weight is 389 g/mol.